The van der Waals surface area contributed by atoms with Crippen LogP contribution >= 0.6 is 39.0 Å². The molecular formula is C26H23BrN2O5S2. The number of esters is 1. The van der Waals surface area contributed by atoms with Crippen LogP contribution < -0.4 is 24.4 Å². The van der Waals surface area contributed by atoms with Crippen LogP contribution in [0, 0.1) is 0 Å². The Morgan fingerprint density at radius 3 is 2.61 bits per heavy atom. The summed E-state index contributed by atoms with van der Waals surface area (Å²) in [6.07, 6.45) is 3.50. The van der Waals surface area contributed by atoms with Gasteiger partial charge in [-0.2, -0.15) is 0 Å². The molecule has 5 rings (SSSR count). The first-order valence-corrected chi connectivity index (χ1v) is 14.1. The topological polar surface area (TPSA) is 79.1 Å². The number of rotatable bonds is 5. The maximum Gasteiger partial charge on any atom is 0.338 e. The maximum atomic E-state index is 13.8. The minimum Gasteiger partial charge on any atom is -0.459 e. The van der Waals surface area contributed by atoms with E-state index in [0.717, 1.165) is 20.5 Å². The van der Waals surface area contributed by atoms with Crippen molar-refractivity contribution in [2.75, 3.05) is 13.0 Å². The first kappa shape index (κ1) is 24.9. The normalized spacial score (nSPS) is 16.8. The van der Waals surface area contributed by atoms with Gasteiger partial charge in [-0.1, -0.05) is 39.4 Å². The van der Waals surface area contributed by atoms with Gasteiger partial charge in [-0.25, -0.2) is 9.79 Å². The number of benzene rings is 2. The predicted molar refractivity (Wildman–Crippen MR) is 143 cm³/mol. The molecule has 0 amide bonds. The highest BCUT2D eigenvalue weighted by Gasteiger charge is 2.33. The van der Waals surface area contributed by atoms with Gasteiger partial charge in [0.15, 0.2) is 16.3 Å². The van der Waals surface area contributed by atoms with E-state index < -0.39 is 12.0 Å². The molecular weight excluding hydrogens is 564 g/mol. The van der Waals surface area contributed by atoms with Crippen molar-refractivity contribution in [1.82, 2.24) is 4.57 Å². The highest BCUT2D eigenvalue weighted by Crippen LogP contribution is 2.37. The molecule has 186 valence electrons. The van der Waals surface area contributed by atoms with E-state index in [1.165, 1.54) is 11.3 Å². The van der Waals surface area contributed by atoms with E-state index in [1.54, 1.807) is 43.2 Å². The number of hydrogen-bond acceptors (Lipinski definition) is 8. The minimum atomic E-state index is -0.647. The van der Waals surface area contributed by atoms with E-state index in [1.807, 2.05) is 42.7 Å². The number of hydrogen-bond donors (Lipinski definition) is 0. The van der Waals surface area contributed by atoms with Crippen molar-refractivity contribution in [2.24, 2.45) is 4.99 Å². The number of aromatic nitrogens is 1. The average Bonchev–Trinajstić information content (AvgIpc) is 3.41. The molecule has 3 aromatic rings. The molecule has 0 saturated heterocycles. The summed E-state index contributed by atoms with van der Waals surface area (Å²) in [6, 6.07) is 10.9. The minimum absolute atomic E-state index is 0.164. The number of fused-ring (bicyclic) bond motifs is 2. The zero-order valence-corrected chi connectivity index (χ0v) is 23.3. The van der Waals surface area contributed by atoms with Crippen molar-refractivity contribution in [2.45, 2.75) is 37.8 Å². The highest BCUT2D eigenvalue weighted by molar-refractivity contribution is 9.10. The number of carbonyl (C=O) groups excluding carboxylic acids is 1. The third kappa shape index (κ3) is 4.53. The molecule has 0 radical (unpaired) electrons. The van der Waals surface area contributed by atoms with Gasteiger partial charge in [0.05, 0.1) is 27.9 Å². The Labute approximate surface area is 224 Å². The lowest BCUT2D eigenvalue weighted by atomic mass is 9.96. The molecule has 0 fully saturated rings. The second-order valence-corrected chi connectivity index (χ2v) is 11.3. The summed E-state index contributed by atoms with van der Waals surface area (Å²) in [5.74, 6) is 0.801. The first-order valence-electron chi connectivity index (χ1n) is 11.2. The van der Waals surface area contributed by atoms with Gasteiger partial charge in [-0.05, 0) is 68.5 Å². The summed E-state index contributed by atoms with van der Waals surface area (Å²) < 4.78 is 19.4. The summed E-state index contributed by atoms with van der Waals surface area (Å²) in [5, 5.41) is 0. The van der Waals surface area contributed by atoms with Crippen LogP contribution in [0.5, 0.6) is 11.5 Å². The van der Waals surface area contributed by atoms with Gasteiger partial charge in [-0.3, -0.25) is 9.36 Å². The molecule has 0 N–H and O–H groups in total. The molecule has 3 heterocycles. The number of thiazole rings is 1. The Hall–Kier alpha value is -2.82. The predicted octanol–water partition coefficient (Wildman–Crippen LogP) is 4.40. The van der Waals surface area contributed by atoms with E-state index in [0.29, 0.717) is 32.1 Å². The summed E-state index contributed by atoms with van der Waals surface area (Å²) in [6.45, 7) is 5.55. The standard InChI is InChI=1S/C26H23BrN2O5S2/c1-13(2)34-25(31)22-14(3)28-26-29(23(22)15-5-7-17(35-4)8-6-15)24(30)21(36-26)10-16-9-19-20(11-18(16)27)33-12-32-19/h5-11,13,23H,12H2,1-4H3/b21-10-/t23-/m0/s1. The molecule has 0 unspecified atom stereocenters. The van der Waals surface area contributed by atoms with E-state index in [2.05, 4.69) is 20.9 Å². The molecule has 10 heteroatoms. The van der Waals surface area contributed by atoms with Gasteiger partial charge in [0.25, 0.3) is 5.56 Å². The van der Waals surface area contributed by atoms with Crippen molar-refractivity contribution in [1.29, 1.82) is 0 Å². The van der Waals surface area contributed by atoms with E-state index in [4.69, 9.17) is 14.2 Å². The third-order valence-corrected chi connectivity index (χ3v) is 8.21. The molecule has 0 saturated carbocycles. The van der Waals surface area contributed by atoms with Crippen LogP contribution in [0.2, 0.25) is 0 Å². The van der Waals surface area contributed by atoms with Crippen LogP contribution in [0.15, 0.2) is 66.8 Å². The van der Waals surface area contributed by atoms with Gasteiger partial charge in [0.1, 0.15) is 0 Å². The fourth-order valence-corrected chi connectivity index (χ4v) is 6.03. The van der Waals surface area contributed by atoms with Gasteiger partial charge >= 0.3 is 5.97 Å². The molecule has 0 bridgehead atoms. The largest absolute Gasteiger partial charge is 0.459 e. The smallest absolute Gasteiger partial charge is 0.338 e. The number of thioether (sulfide) groups is 1. The van der Waals surface area contributed by atoms with Gasteiger partial charge in [-0.15, -0.1) is 11.8 Å². The van der Waals surface area contributed by atoms with Gasteiger partial charge < -0.3 is 14.2 Å². The number of carbonyl (C=O) groups is 1. The summed E-state index contributed by atoms with van der Waals surface area (Å²) in [4.78, 5) is 33.3. The van der Waals surface area contributed by atoms with Gasteiger partial charge in [0, 0.05) is 9.37 Å². The lowest BCUT2D eigenvalue weighted by molar-refractivity contribution is -0.143. The molecule has 36 heavy (non-hydrogen) atoms. The Morgan fingerprint density at radius 1 is 1.25 bits per heavy atom. The Kier molecular flexibility index (Phi) is 6.84. The molecule has 1 atom stereocenters. The molecule has 7 nitrogen and oxygen atoms in total. The Bertz CT molecular complexity index is 1570. The second kappa shape index (κ2) is 9.91. The average molecular weight is 588 g/mol. The zero-order chi connectivity index (χ0) is 25.6. The Balaban J connectivity index is 1.69. The monoisotopic (exact) mass is 586 g/mol. The second-order valence-electron chi connectivity index (χ2n) is 8.54. The molecule has 2 aliphatic heterocycles. The molecule has 0 spiro atoms. The number of halogens is 1. The van der Waals surface area contributed by atoms with E-state index in [9.17, 15) is 9.59 Å². The van der Waals surface area contributed by atoms with Crippen molar-refractivity contribution in [3.63, 3.8) is 0 Å². The summed E-state index contributed by atoms with van der Waals surface area (Å²) >= 11 is 6.47. The van der Waals surface area contributed by atoms with Crippen LogP contribution in [0.25, 0.3) is 6.08 Å². The van der Waals surface area contributed by atoms with Crippen LogP contribution in [0.3, 0.4) is 0 Å². The van der Waals surface area contributed by atoms with Crippen LogP contribution in [0.4, 0.5) is 0 Å². The zero-order valence-electron chi connectivity index (χ0n) is 20.0. The van der Waals surface area contributed by atoms with Crippen molar-refractivity contribution in [3.8, 4) is 11.5 Å². The SMILES string of the molecule is CSc1ccc([C@H]2C(C(=O)OC(C)C)=C(C)N=c3s/c(=C\c4cc5c(cc4Br)OCO5)c(=O)n32)cc1. The summed E-state index contributed by atoms with van der Waals surface area (Å²) in [5.41, 5.74) is 2.26. The lowest BCUT2D eigenvalue weighted by Crippen LogP contribution is -2.40. The Morgan fingerprint density at radius 2 is 1.94 bits per heavy atom. The quantitative estimate of drug-likeness (QED) is 0.326. The van der Waals surface area contributed by atoms with E-state index in [-0.39, 0.29) is 18.5 Å². The van der Waals surface area contributed by atoms with Crippen molar-refractivity contribution in [3.05, 3.63) is 83.0 Å². The van der Waals surface area contributed by atoms with Crippen LogP contribution in [-0.2, 0) is 9.53 Å². The summed E-state index contributed by atoms with van der Waals surface area (Å²) in [7, 11) is 0. The lowest BCUT2D eigenvalue weighted by Gasteiger charge is -2.25. The number of nitrogens with zero attached hydrogens (tertiary/aromatic N) is 2. The fourth-order valence-electron chi connectivity index (χ4n) is 4.15. The highest BCUT2D eigenvalue weighted by atomic mass is 79.9. The van der Waals surface area contributed by atoms with Gasteiger partial charge in [0.2, 0.25) is 6.79 Å². The van der Waals surface area contributed by atoms with Crippen LogP contribution in [0.1, 0.15) is 37.9 Å². The molecule has 0 aliphatic carbocycles. The van der Waals surface area contributed by atoms with Crippen LogP contribution in [-0.4, -0.2) is 29.7 Å². The molecule has 2 aromatic carbocycles. The first-order chi connectivity index (χ1) is 17.3. The molecule has 2 aliphatic rings. The third-order valence-electron chi connectivity index (χ3n) is 5.79. The fraction of sp³-hybridized carbons (Fsp3) is 0.269. The van der Waals surface area contributed by atoms with E-state index >= 15 is 0 Å². The van der Waals surface area contributed by atoms with Crippen molar-refractivity contribution >= 4 is 51.1 Å². The van der Waals surface area contributed by atoms with Crippen molar-refractivity contribution < 1.29 is 19.0 Å². The molecule has 1 aromatic heterocycles. The number of ether oxygens (including phenoxy) is 3. The maximum absolute atomic E-state index is 13.8. The number of allylic oxidation sites excluding steroid dienone is 1.